The van der Waals surface area contributed by atoms with Gasteiger partial charge < -0.3 is 9.84 Å². The molecule has 3 heterocycles. The SMILES string of the molecule is CC(C)Oc1ccc(C(C)C)cc1.CC(C)c1ccc(-c2ccccc2)cc1.CC(C)c1ccc(-c2cccs2)cc1.CC(C)c1ccc(-c2ccsc2)cc1.CC(C)c1ccc(-c2cn[nH]c2)cc1.CC(C)c1ccc(C(C)C)cc1.CC(C)c1ccc(C2CCCCC2)cc1.CC(C)c1ccc(CO)cc1.Cc1ccc(C(C)C)cc1. The van der Waals surface area contributed by atoms with Crippen LogP contribution in [-0.4, -0.2) is 21.4 Å². The van der Waals surface area contributed by atoms with Crippen LogP contribution in [0.15, 0.2) is 295 Å². The van der Waals surface area contributed by atoms with Crippen LogP contribution in [0.25, 0.3) is 43.8 Å². The van der Waals surface area contributed by atoms with E-state index in [9.17, 15) is 0 Å². The fourth-order valence-corrected chi connectivity index (χ4v) is 14.5. The van der Waals surface area contributed by atoms with Crippen molar-refractivity contribution in [1.82, 2.24) is 10.2 Å². The van der Waals surface area contributed by atoms with Crippen molar-refractivity contribution in [2.75, 3.05) is 0 Å². The molecule has 0 saturated heterocycles. The molecule has 0 aliphatic heterocycles. The molecule has 0 amide bonds. The van der Waals surface area contributed by atoms with E-state index in [1.165, 1.54) is 132 Å². The summed E-state index contributed by atoms with van der Waals surface area (Å²) in [5.41, 5.74) is 26.8. The number of hydrogen-bond acceptors (Lipinski definition) is 5. The van der Waals surface area contributed by atoms with Crippen LogP contribution in [0.5, 0.6) is 5.75 Å². The fourth-order valence-electron chi connectivity index (χ4n) is 13.1. The van der Waals surface area contributed by atoms with Gasteiger partial charge in [0, 0.05) is 16.6 Å². The second-order valence-electron chi connectivity index (χ2n) is 34.6. The summed E-state index contributed by atoms with van der Waals surface area (Å²) in [6, 6.07) is 95.5. The largest absolute Gasteiger partial charge is 0.491 e. The molecule has 3 aromatic heterocycles. The van der Waals surface area contributed by atoms with E-state index in [0.29, 0.717) is 59.2 Å². The minimum atomic E-state index is 0.137. The molecule has 118 heavy (non-hydrogen) atoms. The maximum atomic E-state index is 8.77. The maximum absolute atomic E-state index is 8.77. The number of nitrogens with one attached hydrogen (secondary N) is 1. The summed E-state index contributed by atoms with van der Waals surface area (Å²) < 4.78 is 5.55. The van der Waals surface area contributed by atoms with Gasteiger partial charge in [-0.2, -0.15) is 16.4 Å². The van der Waals surface area contributed by atoms with Crippen molar-refractivity contribution in [2.45, 2.75) is 269 Å². The molecule has 626 valence electrons. The van der Waals surface area contributed by atoms with Gasteiger partial charge in [-0.3, -0.25) is 5.10 Å². The number of benzene rings is 10. The highest BCUT2D eigenvalue weighted by molar-refractivity contribution is 7.13. The molecule has 1 aliphatic carbocycles. The van der Waals surface area contributed by atoms with E-state index in [2.05, 4.69) is 408 Å². The molecule has 1 aliphatic rings. The zero-order valence-corrected chi connectivity index (χ0v) is 77.7. The lowest BCUT2D eigenvalue weighted by Gasteiger charge is -2.22. The Labute approximate surface area is 724 Å². The van der Waals surface area contributed by atoms with Crippen LogP contribution in [-0.2, 0) is 6.61 Å². The highest BCUT2D eigenvalue weighted by Gasteiger charge is 2.16. The van der Waals surface area contributed by atoms with E-state index in [-0.39, 0.29) is 12.7 Å². The molecule has 0 bridgehead atoms. The Balaban J connectivity index is 0.000000207. The van der Waals surface area contributed by atoms with Crippen molar-refractivity contribution >= 4 is 22.7 Å². The normalized spacial score (nSPS) is 11.7. The quantitative estimate of drug-likeness (QED) is 0.0900. The fraction of sp³-hybridized carbons (Fsp3) is 0.366. The predicted octanol–water partition coefficient (Wildman–Crippen LogP) is 34.6. The first-order valence-corrected chi connectivity index (χ1v) is 45.6. The summed E-state index contributed by atoms with van der Waals surface area (Å²) in [4.78, 5) is 1.35. The number of aromatic nitrogens is 2. The predicted molar refractivity (Wildman–Crippen MR) is 521 cm³/mol. The van der Waals surface area contributed by atoms with Gasteiger partial charge >= 0.3 is 0 Å². The molecule has 1 saturated carbocycles. The van der Waals surface area contributed by atoms with Crippen molar-refractivity contribution in [3.63, 3.8) is 0 Å². The zero-order valence-electron chi connectivity index (χ0n) is 76.1. The van der Waals surface area contributed by atoms with Crippen molar-refractivity contribution in [2.24, 2.45) is 0 Å². The number of thiophene rings is 2. The Kier molecular flexibility index (Phi) is 43.3. The molecule has 14 rings (SSSR count). The monoisotopic (exact) mass is 1610 g/mol. The average Bonchev–Trinajstić information content (AvgIpc) is 1.17. The van der Waals surface area contributed by atoms with Crippen LogP contribution in [0.2, 0.25) is 0 Å². The lowest BCUT2D eigenvalue weighted by molar-refractivity contribution is 0.242. The standard InChI is InChI=1S/C15H22.C15H16.2C13H14S.C12H14N2.C12H18O.C12H18.C10H14O.C10H14/c2*1-12(2)13-8-10-15(11-9-13)14-6-4-3-5-7-14;1-10(2)11-3-5-12(6-4-11)13-7-8-14-9-13;1-10(2)11-5-7-12(8-6-11)13-4-3-9-14-13;1-9(2)10-3-5-11(6-4-10)12-7-13-14-8-12;1-9(2)11-5-7-12(8-6-11)13-10(3)4;1-9(2)11-5-7-12(8-6-11)10(3)4;1-8(2)10-5-3-9(7-11)4-6-10;1-8(2)10-6-4-9(3)5-7-10/h8-12,14H,3-7H2,1-2H3;3-12H,1-2H3;2*3-10H,1-2H3;3-9H,1-2H3,(H,13,14);5-10H,1-4H3;5-10H,1-4H3;3-6,8,11H,7H2,1-2H3;4-8H,1-3H3. The first-order valence-electron chi connectivity index (χ1n) is 43.7. The Bertz CT molecular complexity index is 4440. The number of hydrogen-bond donors (Lipinski definition) is 2. The van der Waals surface area contributed by atoms with Crippen molar-refractivity contribution in [3.05, 3.63) is 368 Å². The summed E-state index contributed by atoms with van der Waals surface area (Å²) in [6.07, 6.45) is 11.1. The van der Waals surface area contributed by atoms with E-state index in [0.717, 1.165) is 22.8 Å². The van der Waals surface area contributed by atoms with Crippen LogP contribution >= 0.6 is 22.7 Å². The highest BCUT2D eigenvalue weighted by Crippen LogP contribution is 2.34. The van der Waals surface area contributed by atoms with Crippen molar-refractivity contribution in [3.8, 4) is 49.6 Å². The van der Waals surface area contributed by atoms with Gasteiger partial charge in [0.1, 0.15) is 5.75 Å². The van der Waals surface area contributed by atoms with Gasteiger partial charge in [-0.05, 0) is 239 Å². The lowest BCUT2D eigenvalue weighted by atomic mass is 9.83. The van der Waals surface area contributed by atoms with Crippen LogP contribution in [0.4, 0.5) is 0 Å². The number of rotatable bonds is 18. The smallest absolute Gasteiger partial charge is 0.119 e. The summed E-state index contributed by atoms with van der Waals surface area (Å²) in [5.74, 6) is 8.00. The van der Waals surface area contributed by atoms with Crippen LogP contribution in [0, 0.1) is 6.92 Å². The van der Waals surface area contributed by atoms with Gasteiger partial charge in [0.15, 0.2) is 0 Å². The van der Waals surface area contributed by atoms with E-state index in [1.54, 1.807) is 28.2 Å². The molecule has 13 aromatic rings. The third kappa shape index (κ3) is 35.2. The number of aromatic amines is 1. The van der Waals surface area contributed by atoms with Gasteiger partial charge in [-0.25, -0.2) is 0 Å². The van der Waals surface area contributed by atoms with E-state index >= 15 is 0 Å². The van der Waals surface area contributed by atoms with Crippen molar-refractivity contribution < 1.29 is 9.84 Å². The highest BCUT2D eigenvalue weighted by atomic mass is 32.1. The Morgan fingerprint density at radius 1 is 0.331 bits per heavy atom. The summed E-state index contributed by atoms with van der Waals surface area (Å²) in [5, 5.41) is 21.9. The number of aliphatic hydroxyl groups is 1. The van der Waals surface area contributed by atoms with E-state index in [4.69, 9.17) is 9.84 Å². The van der Waals surface area contributed by atoms with Crippen molar-refractivity contribution in [1.29, 1.82) is 0 Å². The van der Waals surface area contributed by atoms with E-state index in [1.807, 2.05) is 56.6 Å². The molecule has 2 N–H and O–H groups in total. The molecule has 1 fully saturated rings. The zero-order chi connectivity index (χ0) is 86.1. The first-order chi connectivity index (χ1) is 56.5. The topological polar surface area (TPSA) is 58.1 Å². The molecule has 0 unspecified atom stereocenters. The first kappa shape index (κ1) is 97.4. The van der Waals surface area contributed by atoms with Crippen LogP contribution in [0.1, 0.15) is 322 Å². The number of H-pyrrole nitrogens is 1. The molecular formula is C112H144N2O2S2. The van der Waals surface area contributed by atoms with Gasteiger partial charge in [0.2, 0.25) is 0 Å². The summed E-state index contributed by atoms with van der Waals surface area (Å²) in [7, 11) is 0. The number of nitrogens with zero attached hydrogens (tertiary/aromatic N) is 1. The molecule has 0 spiro atoms. The van der Waals surface area contributed by atoms with Gasteiger partial charge in [-0.15, -0.1) is 11.3 Å². The van der Waals surface area contributed by atoms with Gasteiger partial charge in [-0.1, -0.05) is 406 Å². The van der Waals surface area contributed by atoms with E-state index < -0.39 is 0 Å². The third-order valence-electron chi connectivity index (χ3n) is 21.3. The number of aryl methyl sites for hydroxylation is 1. The number of aliphatic hydroxyl groups excluding tert-OH is 1. The summed E-state index contributed by atoms with van der Waals surface area (Å²) in [6.45, 7) is 50.6. The second-order valence-corrected chi connectivity index (χ2v) is 36.3. The molecule has 6 heteroatoms. The minimum absolute atomic E-state index is 0.137. The molecule has 4 nitrogen and oxygen atoms in total. The van der Waals surface area contributed by atoms with Gasteiger partial charge in [0.05, 0.1) is 18.9 Å². The second kappa shape index (κ2) is 52.5. The maximum Gasteiger partial charge on any atom is 0.119 e. The van der Waals surface area contributed by atoms with Crippen LogP contribution < -0.4 is 4.74 Å². The molecular weight excluding hydrogens is 1470 g/mol. The summed E-state index contributed by atoms with van der Waals surface area (Å²) >= 11 is 3.54. The Morgan fingerprint density at radius 3 is 0.992 bits per heavy atom. The van der Waals surface area contributed by atoms with Crippen LogP contribution in [0.3, 0.4) is 0 Å². The minimum Gasteiger partial charge on any atom is -0.491 e. The third-order valence-corrected chi connectivity index (χ3v) is 23.0. The Hall–Kier alpha value is -9.43. The average molecular weight is 1610 g/mol. The molecule has 10 aromatic carbocycles. The lowest BCUT2D eigenvalue weighted by Crippen LogP contribution is -2.05. The number of ether oxygens (including phenoxy) is 1. The molecule has 0 atom stereocenters. The van der Waals surface area contributed by atoms with Gasteiger partial charge in [0.25, 0.3) is 0 Å². The molecule has 0 radical (unpaired) electrons. The Morgan fingerprint density at radius 2 is 0.661 bits per heavy atom.